The number of carbonyl (C=O) groups excluding carboxylic acids is 2. The van der Waals surface area contributed by atoms with Crippen molar-refractivity contribution in [1.82, 2.24) is 4.90 Å². The quantitative estimate of drug-likeness (QED) is 0.442. The molecule has 1 aromatic carbocycles. The molecule has 7 nitrogen and oxygen atoms in total. The SMILES string of the molecule is Cc1ccc(-c2ccc(/C=C3/SC(=O)N(C(C)C)C3=O)o2)cc1[N+](=O)[O-]. The van der Waals surface area contributed by atoms with Crippen molar-refractivity contribution in [3.63, 3.8) is 0 Å². The van der Waals surface area contributed by atoms with Crippen LogP contribution in [-0.4, -0.2) is 27.0 Å². The third-order valence-electron chi connectivity index (χ3n) is 3.93. The van der Waals surface area contributed by atoms with E-state index in [0.29, 0.717) is 27.6 Å². The smallest absolute Gasteiger partial charge is 0.293 e. The number of imide groups is 1. The van der Waals surface area contributed by atoms with Gasteiger partial charge < -0.3 is 4.42 Å². The van der Waals surface area contributed by atoms with E-state index in [1.54, 1.807) is 45.0 Å². The summed E-state index contributed by atoms with van der Waals surface area (Å²) in [5.41, 5.74) is 1.14. The molecule has 26 heavy (non-hydrogen) atoms. The minimum absolute atomic E-state index is 0.0125. The summed E-state index contributed by atoms with van der Waals surface area (Å²) in [7, 11) is 0. The van der Waals surface area contributed by atoms with Crippen molar-refractivity contribution in [3.8, 4) is 11.3 Å². The normalized spacial score (nSPS) is 16.2. The number of furan rings is 1. The molecule has 0 bridgehead atoms. The highest BCUT2D eigenvalue weighted by molar-refractivity contribution is 8.18. The Balaban J connectivity index is 1.90. The van der Waals surface area contributed by atoms with Crippen LogP contribution < -0.4 is 0 Å². The number of hydrogen-bond donors (Lipinski definition) is 0. The van der Waals surface area contributed by atoms with Gasteiger partial charge in [-0.1, -0.05) is 12.1 Å². The lowest BCUT2D eigenvalue weighted by molar-refractivity contribution is -0.385. The van der Waals surface area contributed by atoms with E-state index in [1.807, 2.05) is 0 Å². The molecule has 1 saturated heterocycles. The van der Waals surface area contributed by atoms with Crippen LogP contribution in [0.15, 0.2) is 39.7 Å². The lowest BCUT2D eigenvalue weighted by Gasteiger charge is -2.16. The zero-order valence-corrected chi connectivity index (χ0v) is 15.2. The molecule has 2 heterocycles. The molecule has 1 aromatic heterocycles. The summed E-state index contributed by atoms with van der Waals surface area (Å²) in [5.74, 6) is 0.499. The van der Waals surface area contributed by atoms with Gasteiger partial charge in [0, 0.05) is 29.3 Å². The molecule has 3 rings (SSSR count). The molecule has 0 aliphatic carbocycles. The highest BCUT2D eigenvalue weighted by Crippen LogP contribution is 2.35. The second-order valence-corrected chi connectivity index (χ2v) is 7.10. The first-order valence-corrected chi connectivity index (χ1v) is 8.72. The monoisotopic (exact) mass is 372 g/mol. The average molecular weight is 372 g/mol. The van der Waals surface area contributed by atoms with Crippen molar-refractivity contribution in [3.05, 3.63) is 56.7 Å². The Hall–Kier alpha value is -2.87. The van der Waals surface area contributed by atoms with Gasteiger partial charge in [-0.05, 0) is 44.7 Å². The van der Waals surface area contributed by atoms with E-state index < -0.39 is 4.92 Å². The Morgan fingerprint density at radius 2 is 1.96 bits per heavy atom. The first-order chi connectivity index (χ1) is 12.3. The molecule has 0 atom stereocenters. The van der Waals surface area contributed by atoms with Crippen LogP contribution >= 0.6 is 11.8 Å². The van der Waals surface area contributed by atoms with Crippen LogP contribution in [0.3, 0.4) is 0 Å². The molecule has 0 N–H and O–H groups in total. The zero-order valence-electron chi connectivity index (χ0n) is 14.4. The molecule has 0 spiro atoms. The van der Waals surface area contributed by atoms with Gasteiger partial charge in [0.15, 0.2) is 0 Å². The largest absolute Gasteiger partial charge is 0.457 e. The van der Waals surface area contributed by atoms with E-state index >= 15 is 0 Å². The summed E-state index contributed by atoms with van der Waals surface area (Å²) < 4.78 is 5.69. The molecular formula is C18H16N2O5S. The van der Waals surface area contributed by atoms with Crippen LogP contribution in [0.1, 0.15) is 25.2 Å². The molecule has 0 radical (unpaired) electrons. The van der Waals surface area contributed by atoms with Crippen LogP contribution in [0.5, 0.6) is 0 Å². The van der Waals surface area contributed by atoms with Crippen LogP contribution in [0.25, 0.3) is 17.4 Å². The predicted molar refractivity (Wildman–Crippen MR) is 98.5 cm³/mol. The van der Waals surface area contributed by atoms with Gasteiger partial charge in [-0.2, -0.15) is 0 Å². The summed E-state index contributed by atoms with van der Waals surface area (Å²) >= 11 is 0.868. The van der Waals surface area contributed by atoms with Crippen LogP contribution in [0.2, 0.25) is 0 Å². The van der Waals surface area contributed by atoms with Gasteiger partial charge in [0.1, 0.15) is 11.5 Å². The number of rotatable bonds is 4. The number of nitro benzene ring substituents is 1. The highest BCUT2D eigenvalue weighted by Gasteiger charge is 2.36. The average Bonchev–Trinajstić information content (AvgIpc) is 3.13. The molecule has 134 valence electrons. The lowest BCUT2D eigenvalue weighted by Crippen LogP contribution is -2.34. The van der Waals surface area contributed by atoms with Crippen molar-refractivity contribution < 1.29 is 18.9 Å². The number of nitro groups is 1. The molecule has 2 aromatic rings. The minimum atomic E-state index is -0.440. The summed E-state index contributed by atoms with van der Waals surface area (Å²) in [6, 6.07) is 7.96. The number of aryl methyl sites for hydroxylation is 1. The van der Waals surface area contributed by atoms with Crippen molar-refractivity contribution in [2.45, 2.75) is 26.8 Å². The molecule has 2 amide bonds. The summed E-state index contributed by atoms with van der Waals surface area (Å²) in [4.78, 5) is 36.3. The van der Waals surface area contributed by atoms with E-state index in [9.17, 15) is 19.7 Å². The van der Waals surface area contributed by atoms with E-state index in [2.05, 4.69) is 0 Å². The van der Waals surface area contributed by atoms with Crippen molar-refractivity contribution >= 4 is 34.7 Å². The molecule has 8 heteroatoms. The Labute approximate surface area is 153 Å². The summed E-state index contributed by atoms with van der Waals surface area (Å²) in [6.45, 7) is 5.21. The zero-order chi connectivity index (χ0) is 19.0. The number of benzene rings is 1. The van der Waals surface area contributed by atoms with Crippen molar-refractivity contribution in [2.75, 3.05) is 0 Å². The van der Waals surface area contributed by atoms with Gasteiger partial charge >= 0.3 is 0 Å². The first-order valence-electron chi connectivity index (χ1n) is 7.90. The fourth-order valence-electron chi connectivity index (χ4n) is 2.60. The maximum Gasteiger partial charge on any atom is 0.293 e. The first kappa shape index (κ1) is 17.9. The predicted octanol–water partition coefficient (Wildman–Crippen LogP) is 4.61. The van der Waals surface area contributed by atoms with Crippen LogP contribution in [-0.2, 0) is 4.79 Å². The second-order valence-electron chi connectivity index (χ2n) is 6.11. The van der Waals surface area contributed by atoms with E-state index in [0.717, 1.165) is 11.8 Å². The van der Waals surface area contributed by atoms with Crippen LogP contribution in [0.4, 0.5) is 10.5 Å². The fraction of sp³-hybridized carbons (Fsp3) is 0.222. The van der Waals surface area contributed by atoms with Crippen molar-refractivity contribution in [1.29, 1.82) is 0 Å². The Morgan fingerprint density at radius 1 is 1.23 bits per heavy atom. The summed E-state index contributed by atoms with van der Waals surface area (Å²) in [5, 5.41) is 10.8. The van der Waals surface area contributed by atoms with Gasteiger partial charge in [-0.25, -0.2) is 0 Å². The van der Waals surface area contributed by atoms with E-state index in [4.69, 9.17) is 4.42 Å². The van der Waals surface area contributed by atoms with E-state index in [1.165, 1.54) is 17.0 Å². The van der Waals surface area contributed by atoms with Gasteiger partial charge in [-0.3, -0.25) is 24.6 Å². The molecule has 1 fully saturated rings. The number of hydrogen-bond acceptors (Lipinski definition) is 6. The molecular weight excluding hydrogens is 356 g/mol. The molecule has 0 unspecified atom stereocenters. The molecule has 1 aliphatic rings. The maximum atomic E-state index is 12.3. The van der Waals surface area contributed by atoms with Gasteiger partial charge in [0.2, 0.25) is 0 Å². The van der Waals surface area contributed by atoms with Gasteiger partial charge in [0.25, 0.3) is 16.8 Å². The van der Waals surface area contributed by atoms with Crippen molar-refractivity contribution in [2.24, 2.45) is 0 Å². The number of thioether (sulfide) groups is 1. The highest BCUT2D eigenvalue weighted by atomic mass is 32.2. The van der Waals surface area contributed by atoms with Gasteiger partial charge in [0.05, 0.1) is 9.83 Å². The Bertz CT molecular complexity index is 945. The standard InChI is InChI=1S/C18H16N2O5S/c1-10(2)19-17(21)16(26-18(19)22)9-13-6-7-15(25-13)12-5-4-11(3)14(8-12)20(23)24/h4-10H,1-3H3/b16-9+. The number of carbonyl (C=O) groups is 2. The maximum absolute atomic E-state index is 12.3. The van der Waals surface area contributed by atoms with Crippen LogP contribution in [0, 0.1) is 17.0 Å². The Morgan fingerprint density at radius 3 is 2.58 bits per heavy atom. The number of amides is 2. The number of nitrogens with zero attached hydrogens (tertiary/aromatic N) is 2. The third-order valence-corrected chi connectivity index (χ3v) is 4.81. The van der Waals surface area contributed by atoms with Gasteiger partial charge in [-0.15, -0.1) is 0 Å². The third kappa shape index (κ3) is 3.28. The fourth-order valence-corrected chi connectivity index (χ4v) is 3.54. The molecule has 1 aliphatic heterocycles. The molecule has 0 saturated carbocycles. The summed E-state index contributed by atoms with van der Waals surface area (Å²) in [6.07, 6.45) is 1.51. The second kappa shape index (κ2) is 6.80. The Kier molecular flexibility index (Phi) is 4.69. The topological polar surface area (TPSA) is 93.7 Å². The minimum Gasteiger partial charge on any atom is -0.457 e. The van der Waals surface area contributed by atoms with E-state index in [-0.39, 0.29) is 22.9 Å². The lowest BCUT2D eigenvalue weighted by atomic mass is 10.1.